The van der Waals surface area contributed by atoms with Crippen molar-refractivity contribution in [3.05, 3.63) is 69.7 Å². The molecule has 0 radical (unpaired) electrons. The van der Waals surface area contributed by atoms with Crippen LogP contribution in [-0.2, 0) is 32.3 Å². The molecule has 3 aromatic rings. The van der Waals surface area contributed by atoms with Crippen LogP contribution in [0.1, 0.15) is 34.8 Å². The highest BCUT2D eigenvalue weighted by Crippen LogP contribution is 2.28. The molecule has 0 saturated carbocycles. The number of rotatable bonds is 9. The smallest absolute Gasteiger partial charge is 0.266 e. The Morgan fingerprint density at radius 3 is 2.63 bits per heavy atom. The number of hydrogen-bond acceptors (Lipinski definition) is 8. The maximum Gasteiger partial charge on any atom is 0.266 e. The topological polar surface area (TPSA) is 114 Å². The predicted octanol–water partition coefficient (Wildman–Crippen LogP) is 3.93. The van der Waals surface area contributed by atoms with Gasteiger partial charge in [-0.2, -0.15) is 0 Å². The Hall–Kier alpha value is -3.08. The fourth-order valence-corrected chi connectivity index (χ4v) is 6.53. The number of benzene rings is 1. The van der Waals surface area contributed by atoms with Gasteiger partial charge in [-0.05, 0) is 53.9 Å². The number of carbonyl (C=O) groups excluding carboxylic acids is 3. The quantitative estimate of drug-likeness (QED) is 0.416. The molecule has 0 atom stereocenters. The third kappa shape index (κ3) is 5.61. The SMILES string of the molecule is CCCNc1ccc2c(c1)CC(=O)N(c1ccc(CC(=O)CS(=O)(=O)c3ccc(Cl)s3)cn1)C2=O. The molecule has 4 rings (SSSR count). The molecule has 1 aliphatic rings. The van der Waals surface area contributed by atoms with Crippen LogP contribution in [0.2, 0.25) is 4.34 Å². The zero-order chi connectivity index (χ0) is 25.2. The number of Topliss-reactive ketones (excluding diaryl/α,β-unsaturated/α-hetero) is 1. The van der Waals surface area contributed by atoms with Gasteiger partial charge in [-0.25, -0.2) is 18.3 Å². The van der Waals surface area contributed by atoms with Crippen molar-refractivity contribution in [3.8, 4) is 0 Å². The molecule has 1 aliphatic heterocycles. The minimum atomic E-state index is -3.77. The van der Waals surface area contributed by atoms with Crippen molar-refractivity contribution in [3.63, 3.8) is 0 Å². The summed E-state index contributed by atoms with van der Waals surface area (Å²) < 4.78 is 25.1. The third-order valence-corrected chi connectivity index (χ3v) is 8.84. The summed E-state index contributed by atoms with van der Waals surface area (Å²) in [6.45, 7) is 2.84. The van der Waals surface area contributed by atoms with Gasteiger partial charge in [0.1, 0.15) is 15.8 Å². The first kappa shape index (κ1) is 25.0. The number of sulfone groups is 1. The van der Waals surface area contributed by atoms with Crippen molar-refractivity contribution in [1.29, 1.82) is 0 Å². The lowest BCUT2D eigenvalue weighted by molar-refractivity contribution is -0.118. The monoisotopic (exact) mass is 531 g/mol. The third-order valence-electron chi connectivity index (χ3n) is 5.35. The van der Waals surface area contributed by atoms with E-state index in [1.165, 1.54) is 24.4 Å². The van der Waals surface area contributed by atoms with Crippen molar-refractivity contribution in [2.24, 2.45) is 0 Å². The number of fused-ring (bicyclic) bond motifs is 1. The van der Waals surface area contributed by atoms with Crippen LogP contribution in [0.4, 0.5) is 11.5 Å². The lowest BCUT2D eigenvalue weighted by Gasteiger charge is -2.26. The molecule has 0 aliphatic carbocycles. The Balaban J connectivity index is 1.45. The summed E-state index contributed by atoms with van der Waals surface area (Å²) >= 11 is 6.69. The molecule has 8 nitrogen and oxygen atoms in total. The van der Waals surface area contributed by atoms with Crippen molar-refractivity contribution < 1.29 is 22.8 Å². The second kappa shape index (κ2) is 10.3. The number of amides is 2. The van der Waals surface area contributed by atoms with Crippen LogP contribution >= 0.6 is 22.9 Å². The second-order valence-electron chi connectivity index (χ2n) is 8.07. The van der Waals surface area contributed by atoms with Gasteiger partial charge in [0.25, 0.3) is 5.91 Å². The number of pyridine rings is 1. The minimum Gasteiger partial charge on any atom is -0.385 e. The van der Waals surface area contributed by atoms with E-state index in [0.29, 0.717) is 21.0 Å². The van der Waals surface area contributed by atoms with Crippen molar-refractivity contribution in [2.75, 3.05) is 22.5 Å². The van der Waals surface area contributed by atoms with E-state index < -0.39 is 33.2 Å². The highest BCUT2D eigenvalue weighted by molar-refractivity contribution is 7.94. The number of ketones is 1. The molecule has 2 aromatic heterocycles. The molecule has 3 heterocycles. The van der Waals surface area contributed by atoms with Crippen molar-refractivity contribution >= 4 is 61.9 Å². The fraction of sp³-hybridized carbons (Fsp3) is 0.250. The van der Waals surface area contributed by atoms with Crippen LogP contribution in [0.3, 0.4) is 0 Å². The van der Waals surface area contributed by atoms with Crippen LogP contribution < -0.4 is 10.2 Å². The van der Waals surface area contributed by atoms with E-state index in [1.807, 2.05) is 13.0 Å². The van der Waals surface area contributed by atoms with Crippen LogP contribution in [-0.4, -0.2) is 43.3 Å². The zero-order valence-corrected chi connectivity index (χ0v) is 21.2. The van der Waals surface area contributed by atoms with Gasteiger partial charge in [-0.3, -0.25) is 14.4 Å². The number of nitrogens with zero attached hydrogens (tertiary/aromatic N) is 2. The van der Waals surface area contributed by atoms with E-state index >= 15 is 0 Å². The summed E-state index contributed by atoms with van der Waals surface area (Å²) in [6, 6.07) is 11.2. The van der Waals surface area contributed by atoms with Gasteiger partial charge < -0.3 is 5.32 Å². The number of halogens is 1. The number of aromatic nitrogens is 1. The van der Waals surface area contributed by atoms with Crippen LogP contribution in [0.5, 0.6) is 0 Å². The first-order valence-corrected chi connectivity index (χ1v) is 13.7. The van der Waals surface area contributed by atoms with Crippen LogP contribution in [0.15, 0.2) is 52.9 Å². The summed E-state index contributed by atoms with van der Waals surface area (Å²) in [5, 5.41) is 3.24. The fourth-order valence-electron chi connectivity index (χ4n) is 3.72. The molecule has 0 spiro atoms. The maximum absolute atomic E-state index is 13.0. The molecule has 35 heavy (non-hydrogen) atoms. The second-order valence-corrected chi connectivity index (χ2v) is 12.0. The van der Waals surface area contributed by atoms with Crippen LogP contribution in [0.25, 0.3) is 0 Å². The van der Waals surface area contributed by atoms with Gasteiger partial charge >= 0.3 is 0 Å². The maximum atomic E-state index is 13.0. The van der Waals surface area contributed by atoms with E-state index in [2.05, 4.69) is 10.3 Å². The van der Waals surface area contributed by atoms with E-state index in [4.69, 9.17) is 11.6 Å². The van der Waals surface area contributed by atoms with E-state index in [9.17, 15) is 22.8 Å². The molecule has 0 saturated heterocycles. The number of imide groups is 1. The molecular formula is C24H22ClN3O5S2. The lowest BCUT2D eigenvalue weighted by atomic mass is 9.97. The molecule has 0 unspecified atom stereocenters. The van der Waals surface area contributed by atoms with Gasteiger partial charge in [-0.15, -0.1) is 11.3 Å². The molecule has 182 valence electrons. The molecule has 0 bridgehead atoms. The first-order valence-electron chi connectivity index (χ1n) is 10.9. The number of anilines is 2. The summed E-state index contributed by atoms with van der Waals surface area (Å²) in [7, 11) is -3.77. The highest BCUT2D eigenvalue weighted by Gasteiger charge is 2.33. The Bertz CT molecular complexity index is 1400. The Morgan fingerprint density at radius 2 is 1.97 bits per heavy atom. The minimum absolute atomic E-state index is 0.0417. The molecule has 1 aromatic carbocycles. The number of carbonyl (C=O) groups is 3. The summed E-state index contributed by atoms with van der Waals surface area (Å²) in [4.78, 5) is 43.4. The molecule has 2 amide bonds. The highest BCUT2D eigenvalue weighted by atomic mass is 35.5. The van der Waals surface area contributed by atoms with Gasteiger partial charge in [0, 0.05) is 30.4 Å². The zero-order valence-electron chi connectivity index (χ0n) is 18.8. The van der Waals surface area contributed by atoms with Gasteiger partial charge in [0.2, 0.25) is 5.91 Å². The Morgan fingerprint density at radius 1 is 1.17 bits per heavy atom. The molecule has 1 N–H and O–H groups in total. The first-order chi connectivity index (χ1) is 16.7. The molecule has 11 heteroatoms. The van der Waals surface area contributed by atoms with Gasteiger partial charge in [-0.1, -0.05) is 24.6 Å². The number of hydrogen-bond donors (Lipinski definition) is 1. The normalized spacial score (nSPS) is 13.6. The molecule has 0 fully saturated rings. The number of thiophene rings is 1. The van der Waals surface area contributed by atoms with Gasteiger partial charge in [0.15, 0.2) is 15.6 Å². The summed E-state index contributed by atoms with van der Waals surface area (Å²) in [5.74, 6) is -1.87. The molecular weight excluding hydrogens is 510 g/mol. The summed E-state index contributed by atoms with van der Waals surface area (Å²) in [6.07, 6.45) is 2.24. The standard InChI is InChI=1S/C24H22ClN3O5S2/c1-2-9-26-17-4-5-19-16(11-17)12-22(30)28(24(19)31)21-7-3-15(13-27-21)10-18(29)14-35(32,33)23-8-6-20(25)34-23/h3-8,11,13,26H,2,9-10,12,14H2,1H3. The largest absolute Gasteiger partial charge is 0.385 e. The average Bonchev–Trinajstić information content (AvgIpc) is 3.25. The predicted molar refractivity (Wildman–Crippen MR) is 135 cm³/mol. The van der Waals surface area contributed by atoms with Crippen molar-refractivity contribution in [2.45, 2.75) is 30.4 Å². The Labute approximate surface area is 211 Å². The van der Waals surface area contributed by atoms with Crippen LogP contribution in [0, 0.1) is 0 Å². The van der Waals surface area contributed by atoms with E-state index in [0.717, 1.165) is 34.9 Å². The number of nitrogens with one attached hydrogen (secondary N) is 1. The Kier molecular flexibility index (Phi) is 7.34. The van der Waals surface area contributed by atoms with E-state index in [-0.39, 0.29) is 22.9 Å². The summed E-state index contributed by atoms with van der Waals surface area (Å²) in [5.41, 5.74) is 2.43. The lowest BCUT2D eigenvalue weighted by Crippen LogP contribution is -2.43. The van der Waals surface area contributed by atoms with Gasteiger partial charge in [0.05, 0.1) is 10.8 Å². The average molecular weight is 532 g/mol. The van der Waals surface area contributed by atoms with Crippen molar-refractivity contribution in [1.82, 2.24) is 4.98 Å². The van der Waals surface area contributed by atoms with E-state index in [1.54, 1.807) is 18.2 Å².